The van der Waals surface area contributed by atoms with Gasteiger partial charge in [0.1, 0.15) is 39.9 Å². The lowest BCUT2D eigenvalue weighted by atomic mass is 9.74. The van der Waals surface area contributed by atoms with E-state index >= 15 is 0 Å². The molecule has 2 saturated heterocycles. The average molecular weight is 492 g/mol. The Morgan fingerprint density at radius 2 is 1.94 bits per heavy atom. The fraction of sp³-hybridized carbons (Fsp3) is 0.393. The molecule has 188 valence electrons. The van der Waals surface area contributed by atoms with Crippen molar-refractivity contribution in [1.29, 1.82) is 0 Å². The lowest BCUT2D eigenvalue weighted by Gasteiger charge is -2.50. The molecule has 3 N–H and O–H groups in total. The van der Waals surface area contributed by atoms with Gasteiger partial charge in [0.15, 0.2) is 0 Å². The summed E-state index contributed by atoms with van der Waals surface area (Å²) in [5.41, 5.74) is 0.992. The Hall–Kier alpha value is -3.49. The van der Waals surface area contributed by atoms with Gasteiger partial charge in [-0.15, -0.1) is 0 Å². The molecule has 6 rings (SSSR count). The fourth-order valence-corrected chi connectivity index (χ4v) is 6.04. The van der Waals surface area contributed by atoms with Crippen LogP contribution in [0.2, 0.25) is 0 Å². The van der Waals surface area contributed by atoms with Gasteiger partial charge in [-0.25, -0.2) is 4.79 Å². The first kappa shape index (κ1) is 22.9. The molecular weight excluding hydrogens is 462 g/mol. The Labute approximate surface area is 208 Å². The van der Waals surface area contributed by atoms with Gasteiger partial charge in [0.05, 0.1) is 18.8 Å². The zero-order valence-electron chi connectivity index (χ0n) is 20.2. The number of hydrogen-bond acceptors (Lipinski definition) is 7. The van der Waals surface area contributed by atoms with Crippen molar-refractivity contribution >= 4 is 5.97 Å². The Kier molecular flexibility index (Phi) is 5.28. The van der Waals surface area contributed by atoms with Crippen molar-refractivity contribution in [2.75, 3.05) is 6.54 Å². The Balaban J connectivity index is 1.20. The highest BCUT2D eigenvalue weighted by atomic mass is 16.5. The van der Waals surface area contributed by atoms with Crippen LogP contribution in [0.5, 0.6) is 17.2 Å². The highest BCUT2D eigenvalue weighted by molar-refractivity contribution is 5.91. The second-order valence-electron chi connectivity index (χ2n) is 10.5. The van der Waals surface area contributed by atoms with Crippen LogP contribution < -0.4 is 4.74 Å². The van der Waals surface area contributed by atoms with Crippen LogP contribution in [-0.4, -0.2) is 50.5 Å². The second-order valence-corrected chi connectivity index (χ2v) is 10.5. The van der Waals surface area contributed by atoms with Crippen molar-refractivity contribution in [2.24, 2.45) is 5.92 Å². The van der Waals surface area contributed by atoms with Crippen LogP contribution in [0.1, 0.15) is 54.5 Å². The Morgan fingerprint density at radius 1 is 1.11 bits per heavy atom. The number of carbonyl (C=O) groups is 1. The maximum atomic E-state index is 11.2. The van der Waals surface area contributed by atoms with Crippen LogP contribution in [0, 0.1) is 5.92 Å². The number of aromatic hydroxyl groups is 2. The number of phenols is 2. The van der Waals surface area contributed by atoms with Crippen molar-refractivity contribution < 1.29 is 34.0 Å². The van der Waals surface area contributed by atoms with E-state index in [-0.39, 0.29) is 41.2 Å². The van der Waals surface area contributed by atoms with Gasteiger partial charge in [-0.05, 0) is 69.2 Å². The molecule has 0 aliphatic carbocycles. The van der Waals surface area contributed by atoms with Crippen LogP contribution in [0.3, 0.4) is 0 Å². The van der Waals surface area contributed by atoms with Crippen molar-refractivity contribution in [3.05, 3.63) is 65.4 Å². The molecule has 4 heterocycles. The predicted octanol–water partition coefficient (Wildman–Crippen LogP) is 4.95. The number of benzene rings is 2. The van der Waals surface area contributed by atoms with Crippen LogP contribution >= 0.6 is 0 Å². The van der Waals surface area contributed by atoms with E-state index in [4.69, 9.17) is 19.0 Å². The highest BCUT2D eigenvalue weighted by Gasteiger charge is 2.53. The molecule has 3 aliphatic rings. The van der Waals surface area contributed by atoms with E-state index in [0.717, 1.165) is 36.5 Å². The zero-order valence-corrected chi connectivity index (χ0v) is 20.2. The maximum absolute atomic E-state index is 11.2. The number of rotatable bonds is 4. The number of ether oxygens (including phenoxy) is 2. The Bertz CT molecular complexity index is 1330. The van der Waals surface area contributed by atoms with Crippen LogP contribution in [0.15, 0.2) is 52.9 Å². The summed E-state index contributed by atoms with van der Waals surface area (Å²) in [6.45, 7) is 5.72. The predicted molar refractivity (Wildman–Crippen MR) is 130 cm³/mol. The summed E-state index contributed by atoms with van der Waals surface area (Å²) in [6.07, 6.45) is 1.80. The second kappa shape index (κ2) is 8.28. The molecule has 36 heavy (non-hydrogen) atoms. The molecule has 3 aliphatic heterocycles. The van der Waals surface area contributed by atoms with E-state index in [2.05, 4.69) is 18.7 Å². The topological polar surface area (TPSA) is 113 Å². The van der Waals surface area contributed by atoms with Gasteiger partial charge in [-0.3, -0.25) is 4.90 Å². The number of phenolic OH excluding ortho intramolecular Hbond substituents is 1. The number of fused-ring (bicyclic) bond motifs is 4. The number of nitrogens with zero attached hydrogens (tertiary/aromatic N) is 1. The van der Waals surface area contributed by atoms with E-state index in [1.165, 1.54) is 12.1 Å². The molecule has 2 aromatic carbocycles. The van der Waals surface area contributed by atoms with Crippen molar-refractivity contribution in [2.45, 2.75) is 57.1 Å². The number of carboxylic acids is 1. The molecule has 8 heteroatoms. The standard InChI is InChI=1S/C28H29NO7/c1-28(2)20-13-21-25(35-26(20)19-12-16(30)4-7-24(19)36-28)9-10-29(21)14-17-5-8-23(34-17)15-3-6-18(27(32)33)22(31)11-15/h3-8,11-12,20-21,25-26,30-31H,9-10,13-14H2,1-2H3,(H,32,33)/t20-,21+,25-,26+/m0/s1. The van der Waals surface area contributed by atoms with E-state index in [1.54, 1.807) is 18.2 Å². The first-order valence-corrected chi connectivity index (χ1v) is 12.3. The van der Waals surface area contributed by atoms with Gasteiger partial charge in [0.2, 0.25) is 0 Å². The SMILES string of the molecule is CC1(C)Oc2ccc(O)cc2[C@H]2O[C@H]3CCN(Cc4ccc(-c5ccc(C(=O)O)c(O)c5)o4)[C@@H]3C[C@@H]21. The minimum atomic E-state index is -1.17. The van der Waals surface area contributed by atoms with E-state index in [0.29, 0.717) is 17.9 Å². The average Bonchev–Trinajstić information content (AvgIpc) is 3.46. The van der Waals surface area contributed by atoms with Crippen molar-refractivity contribution in [3.8, 4) is 28.6 Å². The van der Waals surface area contributed by atoms with E-state index in [1.807, 2.05) is 18.2 Å². The molecule has 0 amide bonds. The summed E-state index contributed by atoms with van der Waals surface area (Å²) in [7, 11) is 0. The molecule has 0 spiro atoms. The molecule has 2 fully saturated rings. The van der Waals surface area contributed by atoms with Gasteiger partial charge in [-0.2, -0.15) is 0 Å². The summed E-state index contributed by atoms with van der Waals surface area (Å²) in [5.74, 6) is 1.03. The largest absolute Gasteiger partial charge is 0.508 e. The lowest BCUT2D eigenvalue weighted by Crippen LogP contribution is -2.53. The normalized spacial score (nSPS) is 26.5. The third-order valence-corrected chi connectivity index (χ3v) is 7.88. The molecule has 0 bridgehead atoms. The molecule has 0 unspecified atom stereocenters. The number of furan rings is 1. The monoisotopic (exact) mass is 491 g/mol. The summed E-state index contributed by atoms with van der Waals surface area (Å²) >= 11 is 0. The minimum Gasteiger partial charge on any atom is -0.508 e. The molecule has 8 nitrogen and oxygen atoms in total. The summed E-state index contributed by atoms with van der Waals surface area (Å²) in [6, 6.07) is 13.6. The maximum Gasteiger partial charge on any atom is 0.339 e. The lowest BCUT2D eigenvalue weighted by molar-refractivity contribution is -0.162. The van der Waals surface area contributed by atoms with Crippen LogP contribution in [-0.2, 0) is 11.3 Å². The van der Waals surface area contributed by atoms with Crippen LogP contribution in [0.4, 0.5) is 0 Å². The van der Waals surface area contributed by atoms with Crippen molar-refractivity contribution in [3.63, 3.8) is 0 Å². The number of hydrogen-bond donors (Lipinski definition) is 3. The van der Waals surface area contributed by atoms with E-state index < -0.39 is 11.6 Å². The molecule has 0 saturated carbocycles. The summed E-state index contributed by atoms with van der Waals surface area (Å²) in [4.78, 5) is 13.6. The third-order valence-electron chi connectivity index (χ3n) is 7.88. The molecule has 3 aromatic rings. The first-order valence-electron chi connectivity index (χ1n) is 12.3. The Morgan fingerprint density at radius 3 is 2.72 bits per heavy atom. The highest BCUT2D eigenvalue weighted by Crippen LogP contribution is 2.53. The summed E-state index contributed by atoms with van der Waals surface area (Å²) < 4.78 is 19.1. The fourth-order valence-electron chi connectivity index (χ4n) is 6.04. The quantitative estimate of drug-likeness (QED) is 0.470. The summed E-state index contributed by atoms with van der Waals surface area (Å²) in [5, 5.41) is 29.2. The van der Waals surface area contributed by atoms with Gasteiger partial charge in [0.25, 0.3) is 0 Å². The van der Waals surface area contributed by atoms with Crippen molar-refractivity contribution in [1.82, 2.24) is 4.90 Å². The molecule has 4 atom stereocenters. The number of likely N-dealkylation sites (tertiary alicyclic amines) is 1. The van der Waals surface area contributed by atoms with Gasteiger partial charge in [-0.1, -0.05) is 6.07 Å². The minimum absolute atomic E-state index is 0.0882. The van der Waals surface area contributed by atoms with Gasteiger partial charge >= 0.3 is 5.97 Å². The molecule has 1 aromatic heterocycles. The number of aromatic carboxylic acids is 1. The van der Waals surface area contributed by atoms with E-state index in [9.17, 15) is 15.0 Å². The zero-order chi connectivity index (χ0) is 25.2. The smallest absolute Gasteiger partial charge is 0.339 e. The van der Waals surface area contributed by atoms with Crippen LogP contribution in [0.25, 0.3) is 11.3 Å². The molecule has 0 radical (unpaired) electrons. The number of carboxylic acid groups (broad SMARTS) is 1. The van der Waals surface area contributed by atoms with Gasteiger partial charge < -0.3 is 29.2 Å². The first-order chi connectivity index (χ1) is 17.2. The third kappa shape index (κ3) is 3.81. The van der Waals surface area contributed by atoms with Gasteiger partial charge in [0, 0.05) is 29.6 Å². The molecular formula is C28H29NO7.